The zero-order valence-electron chi connectivity index (χ0n) is 27.7. The van der Waals surface area contributed by atoms with E-state index in [1.165, 1.54) is 4.90 Å². The third kappa shape index (κ3) is 6.85. The van der Waals surface area contributed by atoms with Gasteiger partial charge < -0.3 is 20.1 Å². The van der Waals surface area contributed by atoms with Gasteiger partial charge in [-0.05, 0) is 85.5 Å². The molecule has 1 aliphatic rings. The lowest BCUT2D eigenvalue weighted by Crippen LogP contribution is -2.26. The van der Waals surface area contributed by atoms with E-state index in [0.717, 1.165) is 89.6 Å². The summed E-state index contributed by atoms with van der Waals surface area (Å²) in [6.45, 7) is 8.46. The van der Waals surface area contributed by atoms with Gasteiger partial charge in [-0.2, -0.15) is 0 Å². The van der Waals surface area contributed by atoms with Crippen LogP contribution in [0.5, 0.6) is 11.5 Å². The van der Waals surface area contributed by atoms with Gasteiger partial charge >= 0.3 is 6.09 Å². The van der Waals surface area contributed by atoms with Gasteiger partial charge in [0, 0.05) is 47.6 Å². The molecule has 6 rings (SSSR count). The van der Waals surface area contributed by atoms with E-state index < -0.39 is 6.09 Å². The van der Waals surface area contributed by atoms with Crippen molar-refractivity contribution >= 4 is 46.1 Å². The summed E-state index contributed by atoms with van der Waals surface area (Å²) in [7, 11) is 0. The summed E-state index contributed by atoms with van der Waals surface area (Å²) in [6, 6.07) is 35.5. The number of nitrogens with one attached hydrogen (secondary N) is 1. The molecule has 2 N–H and O–H groups in total. The normalized spacial score (nSPS) is 13.2. The van der Waals surface area contributed by atoms with Gasteiger partial charge in [0.15, 0.2) is 0 Å². The molecule has 1 atom stereocenters. The summed E-state index contributed by atoms with van der Waals surface area (Å²) < 4.78 is 6.70. The number of anilines is 5. The first kappa shape index (κ1) is 33.0. The van der Waals surface area contributed by atoms with E-state index in [4.69, 9.17) is 16.3 Å². The van der Waals surface area contributed by atoms with Gasteiger partial charge in [0.05, 0.1) is 22.1 Å². The Morgan fingerprint density at radius 2 is 1.50 bits per heavy atom. The van der Waals surface area contributed by atoms with Crippen molar-refractivity contribution in [1.29, 1.82) is 0 Å². The molecule has 0 fully saturated rings. The highest BCUT2D eigenvalue weighted by molar-refractivity contribution is 6.33. The van der Waals surface area contributed by atoms with E-state index >= 15 is 0 Å². The summed E-state index contributed by atoms with van der Waals surface area (Å²) >= 11 is 6.51. The summed E-state index contributed by atoms with van der Waals surface area (Å²) in [5, 5.41) is 14.5. The Bertz CT molecular complexity index is 1890. The molecule has 1 heterocycles. The van der Waals surface area contributed by atoms with Crippen molar-refractivity contribution in [2.75, 3.05) is 28.2 Å². The van der Waals surface area contributed by atoms with Crippen LogP contribution in [0.1, 0.15) is 67.7 Å². The van der Waals surface area contributed by atoms with Gasteiger partial charge in [0.25, 0.3) is 0 Å². The monoisotopic (exact) mass is 659 g/mol. The van der Waals surface area contributed by atoms with Gasteiger partial charge in [-0.3, -0.25) is 0 Å². The standard InChI is InChI=1S/C41H42ClN3O3/c1-4-6-24-44(25-7-5-2)31-21-22-33-39(27-31)48-38-23-20-29(43-36-18-12-11-17-35(36)42)26-34(38)40(33)32-16-13-19-37(28(32)3)45(41(46)47)30-14-9-8-10-15-30/h8-23,26-27,40,43H,4-7,24-25H2,1-3H3,(H,46,47). The molecule has 0 aliphatic carbocycles. The maximum Gasteiger partial charge on any atom is 0.416 e. The summed E-state index contributed by atoms with van der Waals surface area (Å²) in [6.07, 6.45) is 3.49. The van der Waals surface area contributed by atoms with Crippen molar-refractivity contribution in [3.05, 3.63) is 136 Å². The molecule has 0 radical (unpaired) electrons. The quantitative estimate of drug-likeness (QED) is 0.137. The highest BCUT2D eigenvalue weighted by Crippen LogP contribution is 2.51. The smallest absolute Gasteiger partial charge is 0.416 e. The van der Waals surface area contributed by atoms with Crippen molar-refractivity contribution in [2.24, 2.45) is 0 Å². The molecule has 1 amide bonds. The fourth-order valence-corrected chi connectivity index (χ4v) is 6.71. The highest BCUT2D eigenvalue weighted by Gasteiger charge is 2.32. The Morgan fingerprint density at radius 1 is 0.771 bits per heavy atom. The number of carbonyl (C=O) groups is 1. The van der Waals surface area contributed by atoms with E-state index in [-0.39, 0.29) is 5.92 Å². The molecule has 0 spiro atoms. The number of fused-ring (bicyclic) bond motifs is 2. The molecule has 48 heavy (non-hydrogen) atoms. The molecule has 6 nitrogen and oxygen atoms in total. The number of amides is 1. The maximum absolute atomic E-state index is 12.7. The molecule has 0 aromatic heterocycles. The average Bonchev–Trinajstić information content (AvgIpc) is 3.09. The van der Waals surface area contributed by atoms with Crippen molar-refractivity contribution in [2.45, 2.75) is 52.4 Å². The Labute approximate surface area is 288 Å². The fourth-order valence-electron chi connectivity index (χ4n) is 6.52. The third-order valence-corrected chi connectivity index (χ3v) is 9.36. The van der Waals surface area contributed by atoms with Gasteiger partial charge in [-0.15, -0.1) is 0 Å². The molecule has 0 saturated carbocycles. The molecule has 1 aliphatic heterocycles. The number of para-hydroxylation sites is 2. The van der Waals surface area contributed by atoms with E-state index in [9.17, 15) is 9.90 Å². The second kappa shape index (κ2) is 14.9. The minimum absolute atomic E-state index is 0.211. The minimum atomic E-state index is -1.04. The number of carboxylic acid groups (broad SMARTS) is 1. The second-order valence-corrected chi connectivity index (χ2v) is 12.7. The van der Waals surface area contributed by atoms with Crippen LogP contribution in [-0.4, -0.2) is 24.3 Å². The Hall–Kier alpha value is -4.94. The van der Waals surface area contributed by atoms with E-state index in [1.54, 1.807) is 0 Å². The lowest BCUT2D eigenvalue weighted by Gasteiger charge is -2.33. The predicted octanol–water partition coefficient (Wildman–Crippen LogP) is 11.9. The average molecular weight is 660 g/mol. The first-order chi connectivity index (χ1) is 23.4. The molecule has 0 bridgehead atoms. The summed E-state index contributed by atoms with van der Waals surface area (Å²) in [5.41, 5.74) is 7.98. The number of ether oxygens (including phenoxy) is 1. The summed E-state index contributed by atoms with van der Waals surface area (Å²) in [5.74, 6) is 1.38. The number of hydrogen-bond donors (Lipinski definition) is 2. The van der Waals surface area contributed by atoms with Crippen LogP contribution in [-0.2, 0) is 0 Å². The molecular formula is C41H42ClN3O3. The van der Waals surface area contributed by atoms with Crippen LogP contribution in [0.15, 0.2) is 109 Å². The second-order valence-electron chi connectivity index (χ2n) is 12.3. The van der Waals surface area contributed by atoms with Crippen molar-refractivity contribution in [3.63, 3.8) is 0 Å². The number of nitrogens with zero attached hydrogens (tertiary/aromatic N) is 2. The molecule has 5 aromatic rings. The minimum Gasteiger partial charge on any atom is -0.464 e. The first-order valence-electron chi connectivity index (χ1n) is 16.8. The van der Waals surface area contributed by atoms with E-state index in [1.807, 2.05) is 85.8 Å². The van der Waals surface area contributed by atoms with Crippen LogP contribution < -0.4 is 19.9 Å². The molecule has 1 unspecified atom stereocenters. The van der Waals surface area contributed by atoms with Gasteiger partial charge in [0.2, 0.25) is 0 Å². The lowest BCUT2D eigenvalue weighted by atomic mass is 9.80. The van der Waals surface area contributed by atoms with Crippen LogP contribution in [0.25, 0.3) is 0 Å². The van der Waals surface area contributed by atoms with Gasteiger partial charge in [-0.1, -0.05) is 86.8 Å². The Morgan fingerprint density at radius 3 is 2.21 bits per heavy atom. The zero-order valence-corrected chi connectivity index (χ0v) is 28.5. The molecule has 246 valence electrons. The number of hydrogen-bond acceptors (Lipinski definition) is 4. The van der Waals surface area contributed by atoms with Crippen LogP contribution in [0.2, 0.25) is 5.02 Å². The molecule has 0 saturated heterocycles. The number of halogens is 1. The van der Waals surface area contributed by atoms with Crippen molar-refractivity contribution in [3.8, 4) is 11.5 Å². The molecule has 5 aromatic carbocycles. The Kier molecular flexibility index (Phi) is 10.2. The van der Waals surface area contributed by atoms with Crippen LogP contribution in [0.4, 0.5) is 33.2 Å². The third-order valence-electron chi connectivity index (χ3n) is 9.03. The topological polar surface area (TPSA) is 65.0 Å². The largest absolute Gasteiger partial charge is 0.464 e. The summed E-state index contributed by atoms with van der Waals surface area (Å²) in [4.78, 5) is 16.5. The highest BCUT2D eigenvalue weighted by atomic mass is 35.5. The Balaban J connectivity index is 1.49. The molecular weight excluding hydrogens is 618 g/mol. The van der Waals surface area contributed by atoms with Crippen LogP contribution in [0.3, 0.4) is 0 Å². The fraction of sp³-hybridized carbons (Fsp3) is 0.244. The van der Waals surface area contributed by atoms with Crippen molar-refractivity contribution in [1.82, 2.24) is 0 Å². The van der Waals surface area contributed by atoms with Crippen LogP contribution >= 0.6 is 11.6 Å². The number of rotatable bonds is 12. The SMILES string of the molecule is CCCCN(CCCC)c1ccc2c(c1)Oc1ccc(Nc3ccccc3Cl)cc1C2c1cccc(N(C(=O)O)c2ccccc2)c1C. The van der Waals surface area contributed by atoms with Crippen LogP contribution in [0, 0.1) is 6.92 Å². The number of unbranched alkanes of at least 4 members (excludes halogenated alkanes) is 2. The van der Waals surface area contributed by atoms with Gasteiger partial charge in [-0.25, -0.2) is 9.69 Å². The zero-order chi connectivity index (χ0) is 33.6. The van der Waals surface area contributed by atoms with E-state index in [2.05, 4.69) is 54.4 Å². The predicted molar refractivity (Wildman–Crippen MR) is 198 cm³/mol. The lowest BCUT2D eigenvalue weighted by molar-refractivity contribution is 0.204. The van der Waals surface area contributed by atoms with Crippen molar-refractivity contribution < 1.29 is 14.6 Å². The van der Waals surface area contributed by atoms with Gasteiger partial charge in [0.1, 0.15) is 11.5 Å². The number of benzene rings is 5. The maximum atomic E-state index is 12.7. The first-order valence-corrected chi connectivity index (χ1v) is 17.2. The molecule has 7 heteroatoms. The van der Waals surface area contributed by atoms with E-state index in [0.29, 0.717) is 16.4 Å².